The van der Waals surface area contributed by atoms with Crippen molar-refractivity contribution in [1.29, 1.82) is 0 Å². The van der Waals surface area contributed by atoms with Crippen molar-refractivity contribution >= 4 is 21.8 Å². The number of benzene rings is 2. The Kier molecular flexibility index (Phi) is 6.21. The quantitative estimate of drug-likeness (QED) is 0.668. The highest BCUT2D eigenvalue weighted by molar-refractivity contribution is 7.91. The van der Waals surface area contributed by atoms with Gasteiger partial charge in [-0.15, -0.1) is 0 Å². The van der Waals surface area contributed by atoms with Crippen molar-refractivity contribution in [2.45, 2.75) is 63.7 Å². The van der Waals surface area contributed by atoms with E-state index in [0.717, 1.165) is 42.4 Å². The van der Waals surface area contributed by atoms with Gasteiger partial charge in [-0.3, -0.25) is 9.10 Å². The highest BCUT2D eigenvalue weighted by Crippen LogP contribution is 2.48. The molecule has 1 fully saturated rings. The van der Waals surface area contributed by atoms with Crippen molar-refractivity contribution in [2.75, 3.05) is 18.0 Å². The van der Waals surface area contributed by atoms with Crippen LogP contribution < -0.4 is 13.8 Å². The number of amides is 1. The van der Waals surface area contributed by atoms with Crippen molar-refractivity contribution < 1.29 is 17.9 Å². The van der Waals surface area contributed by atoms with Crippen molar-refractivity contribution in [3.8, 4) is 5.75 Å². The van der Waals surface area contributed by atoms with Gasteiger partial charge in [-0.2, -0.15) is 8.42 Å². The summed E-state index contributed by atoms with van der Waals surface area (Å²) in [6, 6.07) is 13.4. The van der Waals surface area contributed by atoms with Gasteiger partial charge in [-0.25, -0.2) is 4.72 Å². The number of carbonyl (C=O) groups is 1. The lowest BCUT2D eigenvalue weighted by Crippen LogP contribution is -2.54. The molecule has 0 aromatic heterocycles. The van der Waals surface area contributed by atoms with Gasteiger partial charge < -0.3 is 4.74 Å². The summed E-state index contributed by atoms with van der Waals surface area (Å²) in [4.78, 5) is 13.6. The molecule has 1 N–H and O–H groups in total. The van der Waals surface area contributed by atoms with Crippen molar-refractivity contribution in [2.24, 2.45) is 0 Å². The van der Waals surface area contributed by atoms with E-state index in [2.05, 4.69) is 18.6 Å². The largest absolute Gasteiger partial charge is 0.496 e. The summed E-state index contributed by atoms with van der Waals surface area (Å²) in [6.45, 7) is 4.64. The summed E-state index contributed by atoms with van der Waals surface area (Å²) in [5.74, 6) is 0.507. The molecule has 1 aliphatic heterocycles. The molecule has 2 aromatic rings. The van der Waals surface area contributed by atoms with E-state index in [1.165, 1.54) is 4.31 Å². The Morgan fingerprint density at radius 1 is 1.19 bits per heavy atom. The number of hydrogen-bond acceptors (Lipinski definition) is 4. The third kappa shape index (κ3) is 3.87. The summed E-state index contributed by atoms with van der Waals surface area (Å²) in [5.41, 5.74) is 2.67. The second-order valence-electron chi connectivity index (χ2n) is 8.95. The molecule has 172 valence electrons. The first kappa shape index (κ1) is 22.6. The Hall–Kier alpha value is -2.54. The number of ether oxygens (including phenoxy) is 1. The van der Waals surface area contributed by atoms with Gasteiger partial charge in [0.1, 0.15) is 5.75 Å². The average Bonchev–Trinajstić information content (AvgIpc) is 2.77. The number of methoxy groups -OCH3 is 1. The SMILES string of the molecule is CCC(C)c1ccc(OC)c(C2(C(=O)NS(=O)(=O)N3CCCc4ccccc43)CCC2)c1. The third-order valence-corrected chi connectivity index (χ3v) is 8.54. The van der Waals surface area contributed by atoms with E-state index in [1.54, 1.807) is 13.2 Å². The fourth-order valence-corrected chi connectivity index (χ4v) is 6.16. The van der Waals surface area contributed by atoms with Gasteiger partial charge in [0.25, 0.3) is 0 Å². The van der Waals surface area contributed by atoms with Gasteiger partial charge in [0.05, 0.1) is 18.2 Å². The number of para-hydroxylation sites is 1. The van der Waals surface area contributed by atoms with E-state index in [-0.39, 0.29) is 0 Å². The van der Waals surface area contributed by atoms with Gasteiger partial charge in [-0.05, 0) is 61.3 Å². The summed E-state index contributed by atoms with van der Waals surface area (Å²) < 4.78 is 36.0. The lowest BCUT2D eigenvalue weighted by molar-refractivity contribution is -0.128. The van der Waals surface area contributed by atoms with Crippen LogP contribution in [0.3, 0.4) is 0 Å². The molecule has 32 heavy (non-hydrogen) atoms. The highest BCUT2D eigenvalue weighted by atomic mass is 32.2. The van der Waals surface area contributed by atoms with E-state index in [4.69, 9.17) is 4.74 Å². The van der Waals surface area contributed by atoms with Crippen LogP contribution in [0.5, 0.6) is 5.75 Å². The molecular formula is C25H32N2O4S. The van der Waals surface area contributed by atoms with Crippen LogP contribution in [-0.2, 0) is 26.8 Å². The zero-order chi connectivity index (χ0) is 22.9. The van der Waals surface area contributed by atoms with Crippen LogP contribution in [-0.4, -0.2) is 28.0 Å². The summed E-state index contributed by atoms with van der Waals surface area (Å²) in [5, 5.41) is 0. The molecule has 1 saturated carbocycles. The molecule has 1 unspecified atom stereocenters. The van der Waals surface area contributed by atoms with Crippen LogP contribution in [0.4, 0.5) is 5.69 Å². The number of carbonyl (C=O) groups excluding carboxylic acids is 1. The standard InChI is InChI=1S/C25H32N2O4S/c1-4-18(2)20-12-13-23(31-3)21(17-20)25(14-8-15-25)24(28)26-32(29,30)27-16-7-10-19-9-5-6-11-22(19)27/h5-6,9,11-13,17-18H,4,7-8,10,14-16H2,1-3H3,(H,26,28). The van der Waals surface area contributed by atoms with Crippen molar-refractivity contribution in [3.63, 3.8) is 0 Å². The minimum Gasteiger partial charge on any atom is -0.496 e. The van der Waals surface area contributed by atoms with Crippen molar-refractivity contribution in [1.82, 2.24) is 4.72 Å². The molecule has 0 radical (unpaired) electrons. The minimum absolute atomic E-state index is 0.341. The zero-order valence-corrected chi connectivity index (χ0v) is 19.9. The van der Waals surface area contributed by atoms with Crippen LogP contribution in [0.2, 0.25) is 0 Å². The van der Waals surface area contributed by atoms with Gasteiger partial charge in [0.2, 0.25) is 5.91 Å². The summed E-state index contributed by atoms with van der Waals surface area (Å²) >= 11 is 0. The third-order valence-electron chi connectivity index (χ3n) is 7.14. The molecular weight excluding hydrogens is 424 g/mol. The first-order valence-corrected chi connectivity index (χ1v) is 12.9. The van der Waals surface area contributed by atoms with Gasteiger partial charge in [0.15, 0.2) is 0 Å². The summed E-state index contributed by atoms with van der Waals surface area (Å²) in [7, 11) is -2.43. The van der Waals surface area contributed by atoms with Gasteiger partial charge >= 0.3 is 10.2 Å². The minimum atomic E-state index is -4.02. The predicted octanol–water partition coefficient (Wildman–Crippen LogP) is 4.44. The number of rotatable bonds is 7. The molecule has 2 aliphatic rings. The van der Waals surface area contributed by atoms with Crippen LogP contribution in [0.15, 0.2) is 42.5 Å². The van der Waals surface area contributed by atoms with Crippen LogP contribution in [0.1, 0.15) is 68.6 Å². The first-order chi connectivity index (χ1) is 15.3. The molecule has 7 heteroatoms. The van der Waals surface area contributed by atoms with Crippen LogP contribution in [0, 0.1) is 0 Å². The Morgan fingerprint density at radius 2 is 1.94 bits per heavy atom. The second-order valence-corrected chi connectivity index (χ2v) is 10.5. The lowest BCUT2D eigenvalue weighted by atomic mass is 9.63. The number of aryl methyl sites for hydroxylation is 1. The maximum Gasteiger partial charge on any atom is 0.326 e. The maximum absolute atomic E-state index is 13.6. The average molecular weight is 457 g/mol. The molecule has 0 bridgehead atoms. The molecule has 6 nitrogen and oxygen atoms in total. The lowest BCUT2D eigenvalue weighted by Gasteiger charge is -2.42. The normalized spacial score (nSPS) is 18.3. The van der Waals surface area contributed by atoms with E-state index < -0.39 is 21.5 Å². The van der Waals surface area contributed by atoms with E-state index in [9.17, 15) is 13.2 Å². The fraction of sp³-hybridized carbons (Fsp3) is 0.480. The highest BCUT2D eigenvalue weighted by Gasteiger charge is 2.49. The molecule has 2 aromatic carbocycles. The number of hydrogen-bond donors (Lipinski definition) is 1. The molecule has 0 spiro atoms. The number of nitrogens with zero attached hydrogens (tertiary/aromatic N) is 1. The molecule has 1 heterocycles. The number of nitrogens with one attached hydrogen (secondary N) is 1. The monoisotopic (exact) mass is 456 g/mol. The molecule has 4 rings (SSSR count). The Bertz CT molecular complexity index is 1110. The number of fused-ring (bicyclic) bond motifs is 1. The maximum atomic E-state index is 13.6. The Balaban J connectivity index is 1.67. The Labute approximate surface area is 191 Å². The van der Waals surface area contributed by atoms with Gasteiger partial charge in [-0.1, -0.05) is 50.6 Å². The molecule has 0 saturated heterocycles. The fourth-order valence-electron chi connectivity index (χ4n) is 4.81. The zero-order valence-electron chi connectivity index (χ0n) is 19.1. The predicted molar refractivity (Wildman–Crippen MR) is 126 cm³/mol. The Morgan fingerprint density at radius 3 is 2.59 bits per heavy atom. The second kappa shape index (κ2) is 8.77. The number of anilines is 1. The smallest absolute Gasteiger partial charge is 0.326 e. The topological polar surface area (TPSA) is 75.7 Å². The van der Waals surface area contributed by atoms with E-state index in [0.29, 0.717) is 36.7 Å². The molecule has 1 aliphatic carbocycles. The van der Waals surface area contributed by atoms with Crippen molar-refractivity contribution in [3.05, 3.63) is 59.2 Å². The molecule has 1 atom stereocenters. The summed E-state index contributed by atoms with van der Waals surface area (Å²) in [6.07, 6.45) is 4.61. The van der Waals surface area contributed by atoms with E-state index >= 15 is 0 Å². The van der Waals surface area contributed by atoms with E-state index in [1.807, 2.05) is 36.4 Å². The van der Waals surface area contributed by atoms with Crippen LogP contribution in [0.25, 0.3) is 0 Å². The first-order valence-electron chi connectivity index (χ1n) is 11.4. The molecule has 1 amide bonds. The van der Waals surface area contributed by atoms with Gasteiger partial charge in [0, 0.05) is 12.1 Å². The van der Waals surface area contributed by atoms with Crippen LogP contribution >= 0.6 is 0 Å².